The lowest BCUT2D eigenvalue weighted by Crippen LogP contribution is -2.50. The van der Waals surface area contributed by atoms with Gasteiger partial charge in [0.25, 0.3) is 0 Å². The third-order valence-electron chi connectivity index (χ3n) is 2.38. The van der Waals surface area contributed by atoms with Crippen LogP contribution in [0.25, 0.3) is 0 Å². The van der Waals surface area contributed by atoms with Crippen LogP contribution in [-0.2, 0) is 5.67 Å². The summed E-state index contributed by atoms with van der Waals surface area (Å²) in [6, 6.07) is 2.06. The molecule has 0 fully saturated rings. The van der Waals surface area contributed by atoms with E-state index in [1.165, 1.54) is 6.26 Å². The summed E-state index contributed by atoms with van der Waals surface area (Å²) in [5, 5.41) is 0. The van der Waals surface area contributed by atoms with Crippen LogP contribution in [0.3, 0.4) is 0 Å². The number of alkyl halides is 7. The van der Waals surface area contributed by atoms with Gasteiger partial charge in [0.15, 0.2) is 0 Å². The summed E-state index contributed by atoms with van der Waals surface area (Å²) in [6.45, 7) is 0. The molecule has 0 aliphatic carbocycles. The molecule has 0 saturated heterocycles. The highest BCUT2D eigenvalue weighted by Gasteiger charge is 2.74. The Morgan fingerprint density at radius 3 is 1.79 bits per heavy atom. The van der Waals surface area contributed by atoms with Crippen molar-refractivity contribution < 1.29 is 30.7 Å². The van der Waals surface area contributed by atoms with Gasteiger partial charge >= 0.3 is 18.0 Å². The summed E-state index contributed by atoms with van der Waals surface area (Å²) in [5.74, 6) is 0. The molecule has 19 heavy (non-hydrogen) atoms. The van der Waals surface area contributed by atoms with Gasteiger partial charge in [0.1, 0.15) is 0 Å². The first-order chi connectivity index (χ1) is 8.45. The molecule has 1 aromatic rings. The average Bonchev–Trinajstić information content (AvgIpc) is 2.24. The van der Waals surface area contributed by atoms with Crippen LogP contribution in [0, 0.1) is 0 Å². The number of thioether (sulfide) groups is 1. The first-order valence-corrected chi connectivity index (χ1v) is 5.94. The van der Waals surface area contributed by atoms with Crippen LogP contribution >= 0.6 is 11.8 Å². The number of hydrogen-bond acceptors (Lipinski definition) is 2. The summed E-state index contributed by atoms with van der Waals surface area (Å²) in [4.78, 5) is -0.517. The minimum absolute atomic E-state index is 0.0557. The number of nitrogens with two attached hydrogens (primary N) is 1. The highest BCUT2D eigenvalue weighted by Crippen LogP contribution is 2.55. The first kappa shape index (κ1) is 15.9. The SMILES string of the molecule is CSc1cc(N)ccc1C(F)(C(F)(F)F)C(F)(F)F. The van der Waals surface area contributed by atoms with E-state index >= 15 is 0 Å². The van der Waals surface area contributed by atoms with Crippen LogP contribution < -0.4 is 5.73 Å². The van der Waals surface area contributed by atoms with Crippen LogP contribution in [0.15, 0.2) is 23.1 Å². The number of anilines is 1. The largest absolute Gasteiger partial charge is 0.435 e. The topological polar surface area (TPSA) is 26.0 Å². The molecule has 9 heteroatoms. The predicted octanol–water partition coefficient (Wildman–Crippen LogP) is 4.28. The summed E-state index contributed by atoms with van der Waals surface area (Å²) < 4.78 is 89.2. The molecule has 0 aliphatic heterocycles. The third-order valence-corrected chi connectivity index (χ3v) is 3.16. The monoisotopic (exact) mass is 307 g/mol. The molecule has 0 aromatic heterocycles. The van der Waals surface area contributed by atoms with Crippen LogP contribution in [0.4, 0.5) is 36.4 Å². The van der Waals surface area contributed by atoms with Gasteiger partial charge in [-0.15, -0.1) is 11.8 Å². The second-order valence-corrected chi connectivity index (χ2v) is 4.46. The lowest BCUT2D eigenvalue weighted by molar-refractivity contribution is -0.349. The van der Waals surface area contributed by atoms with Gasteiger partial charge in [-0.3, -0.25) is 0 Å². The van der Waals surface area contributed by atoms with Crippen LogP contribution in [0.2, 0.25) is 0 Å². The number of hydrogen-bond donors (Lipinski definition) is 1. The lowest BCUT2D eigenvalue weighted by atomic mass is 9.94. The van der Waals surface area contributed by atoms with Crippen molar-refractivity contribution in [3.05, 3.63) is 23.8 Å². The van der Waals surface area contributed by atoms with E-state index in [2.05, 4.69) is 0 Å². The number of benzene rings is 1. The van der Waals surface area contributed by atoms with E-state index in [1.54, 1.807) is 0 Å². The summed E-state index contributed by atoms with van der Waals surface area (Å²) in [5.41, 5.74) is -1.72. The van der Waals surface area contributed by atoms with E-state index in [1.807, 2.05) is 0 Å². The van der Waals surface area contributed by atoms with E-state index in [4.69, 9.17) is 5.73 Å². The second kappa shape index (κ2) is 4.77. The molecule has 2 N–H and O–H groups in total. The molecule has 0 heterocycles. The molecule has 0 bridgehead atoms. The molecule has 0 amide bonds. The average molecular weight is 307 g/mol. The van der Waals surface area contributed by atoms with Gasteiger partial charge in [-0.2, -0.15) is 26.3 Å². The molecule has 1 nitrogen and oxygen atoms in total. The van der Waals surface area contributed by atoms with Crippen molar-refractivity contribution in [3.8, 4) is 0 Å². The Labute approximate surface area is 108 Å². The first-order valence-electron chi connectivity index (χ1n) is 4.71. The highest BCUT2D eigenvalue weighted by atomic mass is 32.2. The molecular weight excluding hydrogens is 299 g/mol. The van der Waals surface area contributed by atoms with Gasteiger partial charge in [0.2, 0.25) is 0 Å². The molecule has 108 valence electrons. The Kier molecular flexibility index (Phi) is 4.00. The minimum atomic E-state index is -6.12. The Morgan fingerprint density at radius 2 is 1.42 bits per heavy atom. The summed E-state index contributed by atoms with van der Waals surface area (Å²) in [6.07, 6.45) is -11.0. The maximum absolute atomic E-state index is 13.8. The Bertz CT molecular complexity index is 452. The number of nitrogen functional groups attached to an aromatic ring is 1. The smallest absolute Gasteiger partial charge is 0.399 e. The standard InChI is InChI=1S/C10H8F7NS/c1-19-7-4-5(18)2-3-6(7)8(11,9(12,13)14)10(15,16)17/h2-4H,18H2,1H3. The zero-order valence-electron chi connectivity index (χ0n) is 9.36. The molecule has 0 saturated carbocycles. The molecule has 1 aromatic carbocycles. The van der Waals surface area contributed by atoms with E-state index in [-0.39, 0.29) is 5.69 Å². The predicted molar refractivity (Wildman–Crippen MR) is 57.5 cm³/mol. The van der Waals surface area contributed by atoms with Crippen molar-refractivity contribution in [2.24, 2.45) is 0 Å². The van der Waals surface area contributed by atoms with E-state index in [0.29, 0.717) is 17.8 Å². The second-order valence-electron chi connectivity index (χ2n) is 3.61. The lowest BCUT2D eigenvalue weighted by Gasteiger charge is -2.31. The fraction of sp³-hybridized carbons (Fsp3) is 0.400. The van der Waals surface area contributed by atoms with Crippen molar-refractivity contribution >= 4 is 17.4 Å². The Morgan fingerprint density at radius 1 is 0.947 bits per heavy atom. The maximum atomic E-state index is 13.8. The maximum Gasteiger partial charge on any atom is 0.435 e. The van der Waals surface area contributed by atoms with Crippen molar-refractivity contribution in [1.82, 2.24) is 0 Å². The number of halogens is 7. The van der Waals surface area contributed by atoms with Gasteiger partial charge in [0, 0.05) is 16.1 Å². The van der Waals surface area contributed by atoms with Crippen molar-refractivity contribution in [2.75, 3.05) is 12.0 Å². The minimum Gasteiger partial charge on any atom is -0.399 e. The fourth-order valence-electron chi connectivity index (χ4n) is 1.46. The third kappa shape index (κ3) is 2.60. The van der Waals surface area contributed by atoms with Gasteiger partial charge in [-0.1, -0.05) is 6.07 Å². The van der Waals surface area contributed by atoms with Crippen LogP contribution in [0.5, 0.6) is 0 Å². The Hall–Kier alpha value is -1.12. The van der Waals surface area contributed by atoms with E-state index < -0.39 is 28.5 Å². The van der Waals surface area contributed by atoms with Crippen LogP contribution in [-0.4, -0.2) is 18.6 Å². The normalized spacial score (nSPS) is 13.7. The van der Waals surface area contributed by atoms with Crippen molar-refractivity contribution in [1.29, 1.82) is 0 Å². The molecule has 0 atom stereocenters. The van der Waals surface area contributed by atoms with Gasteiger partial charge < -0.3 is 5.73 Å². The summed E-state index contributed by atoms with van der Waals surface area (Å²) >= 11 is 0.549. The molecule has 0 spiro atoms. The molecular formula is C10H8F7NS. The van der Waals surface area contributed by atoms with Gasteiger partial charge in [0.05, 0.1) is 0 Å². The van der Waals surface area contributed by atoms with E-state index in [0.717, 1.165) is 12.1 Å². The van der Waals surface area contributed by atoms with E-state index in [9.17, 15) is 30.7 Å². The van der Waals surface area contributed by atoms with Crippen molar-refractivity contribution in [3.63, 3.8) is 0 Å². The zero-order valence-corrected chi connectivity index (χ0v) is 10.2. The Balaban J connectivity index is 3.61. The van der Waals surface area contributed by atoms with Gasteiger partial charge in [-0.05, 0) is 18.4 Å². The molecule has 0 radical (unpaired) electrons. The summed E-state index contributed by atoms with van der Waals surface area (Å²) in [7, 11) is 0. The highest BCUT2D eigenvalue weighted by molar-refractivity contribution is 7.98. The quantitative estimate of drug-likeness (QED) is 0.501. The molecule has 0 aliphatic rings. The fourth-order valence-corrected chi connectivity index (χ4v) is 2.14. The molecule has 0 unspecified atom stereocenters. The van der Waals surface area contributed by atoms with Crippen LogP contribution in [0.1, 0.15) is 5.56 Å². The number of rotatable bonds is 2. The van der Waals surface area contributed by atoms with Crippen molar-refractivity contribution in [2.45, 2.75) is 22.9 Å². The molecule has 1 rings (SSSR count). The zero-order chi connectivity index (χ0) is 15.1. The van der Waals surface area contributed by atoms with Gasteiger partial charge in [-0.25, -0.2) is 4.39 Å².